The summed E-state index contributed by atoms with van der Waals surface area (Å²) in [5, 5.41) is 2.96. The monoisotopic (exact) mass is 420 g/mol. The molecule has 1 N–H and O–H groups in total. The number of benzene rings is 1. The van der Waals surface area contributed by atoms with Gasteiger partial charge in [-0.1, -0.05) is 12.1 Å². The normalized spacial score (nSPS) is 17.8. The number of amides is 1. The van der Waals surface area contributed by atoms with E-state index in [2.05, 4.69) is 10.3 Å². The molecule has 0 spiro atoms. The van der Waals surface area contributed by atoms with Crippen LogP contribution >= 0.6 is 0 Å². The Hall–Kier alpha value is -2.39. The van der Waals surface area contributed by atoms with Gasteiger partial charge in [0.1, 0.15) is 5.75 Å². The Morgan fingerprint density at radius 1 is 1.28 bits per heavy atom. The van der Waals surface area contributed by atoms with Gasteiger partial charge in [0.2, 0.25) is 5.91 Å². The second-order valence-corrected chi connectivity index (χ2v) is 8.92. The zero-order chi connectivity index (χ0) is 20.9. The van der Waals surface area contributed by atoms with Crippen LogP contribution in [0.15, 0.2) is 41.8 Å². The number of carbonyl (C=O) groups is 1. The largest absolute Gasteiger partial charge is 0.494 e. The van der Waals surface area contributed by atoms with E-state index in [9.17, 15) is 13.2 Å². The molecule has 9 heteroatoms. The third-order valence-electron chi connectivity index (χ3n) is 5.03. The van der Waals surface area contributed by atoms with Crippen LogP contribution in [0.1, 0.15) is 32.3 Å². The van der Waals surface area contributed by atoms with Gasteiger partial charge in [0.25, 0.3) is 10.0 Å². The van der Waals surface area contributed by atoms with Gasteiger partial charge >= 0.3 is 0 Å². The van der Waals surface area contributed by atoms with Crippen molar-refractivity contribution in [3.05, 3.63) is 42.4 Å². The lowest BCUT2D eigenvalue weighted by Crippen LogP contribution is -2.45. The summed E-state index contributed by atoms with van der Waals surface area (Å²) in [6, 6.07) is 7.56. The quantitative estimate of drug-likeness (QED) is 0.705. The first-order chi connectivity index (χ1) is 13.9. The van der Waals surface area contributed by atoms with Gasteiger partial charge in [-0.25, -0.2) is 13.4 Å². The molecule has 2 heterocycles. The molecule has 3 rings (SSSR count). The molecule has 0 aliphatic carbocycles. The maximum atomic E-state index is 12.9. The van der Waals surface area contributed by atoms with E-state index in [1.807, 2.05) is 38.1 Å². The van der Waals surface area contributed by atoms with E-state index in [-0.39, 0.29) is 23.4 Å². The Kier molecular flexibility index (Phi) is 6.92. The van der Waals surface area contributed by atoms with E-state index < -0.39 is 10.0 Å². The Morgan fingerprint density at radius 2 is 2.03 bits per heavy atom. The highest BCUT2D eigenvalue weighted by Crippen LogP contribution is 2.23. The molecule has 158 valence electrons. The predicted octanol–water partition coefficient (Wildman–Crippen LogP) is 2.02. The van der Waals surface area contributed by atoms with Gasteiger partial charge in [-0.15, -0.1) is 0 Å². The van der Waals surface area contributed by atoms with Crippen molar-refractivity contribution in [1.29, 1.82) is 0 Å². The zero-order valence-electron chi connectivity index (χ0n) is 16.9. The van der Waals surface area contributed by atoms with E-state index in [4.69, 9.17) is 4.74 Å². The molecule has 1 aromatic heterocycles. The first-order valence-electron chi connectivity index (χ1n) is 9.95. The second kappa shape index (κ2) is 9.41. The molecule has 8 nitrogen and oxygen atoms in total. The summed E-state index contributed by atoms with van der Waals surface area (Å²) in [4.78, 5) is 16.6. The van der Waals surface area contributed by atoms with Crippen molar-refractivity contribution in [3.63, 3.8) is 0 Å². The summed E-state index contributed by atoms with van der Waals surface area (Å²) < 4.78 is 34.2. The molecule has 0 radical (unpaired) electrons. The van der Waals surface area contributed by atoms with Crippen LogP contribution in [0.2, 0.25) is 0 Å². The molecule has 1 aliphatic rings. The lowest BCUT2D eigenvalue weighted by Gasteiger charge is -2.30. The maximum Gasteiger partial charge on any atom is 0.262 e. The van der Waals surface area contributed by atoms with Crippen molar-refractivity contribution in [2.45, 2.75) is 44.8 Å². The number of piperidine rings is 1. The van der Waals surface area contributed by atoms with Gasteiger partial charge in [0.05, 0.1) is 18.9 Å². The van der Waals surface area contributed by atoms with Gasteiger partial charge < -0.3 is 14.6 Å². The van der Waals surface area contributed by atoms with Crippen LogP contribution < -0.4 is 10.1 Å². The lowest BCUT2D eigenvalue weighted by molar-refractivity contribution is -0.126. The number of sulfonamides is 1. The topological polar surface area (TPSA) is 93.5 Å². The average molecular weight is 421 g/mol. The van der Waals surface area contributed by atoms with Crippen LogP contribution in [0.25, 0.3) is 0 Å². The van der Waals surface area contributed by atoms with Crippen molar-refractivity contribution >= 4 is 15.9 Å². The summed E-state index contributed by atoms with van der Waals surface area (Å²) in [6.07, 6.45) is 4.36. The Bertz CT molecular complexity index is 924. The van der Waals surface area contributed by atoms with Crippen molar-refractivity contribution in [1.82, 2.24) is 19.2 Å². The fourth-order valence-corrected chi connectivity index (χ4v) is 4.82. The molecule has 0 bridgehead atoms. The highest BCUT2D eigenvalue weighted by Gasteiger charge is 2.34. The third kappa shape index (κ3) is 5.16. The molecule has 29 heavy (non-hydrogen) atoms. The van der Waals surface area contributed by atoms with Crippen molar-refractivity contribution < 1.29 is 17.9 Å². The van der Waals surface area contributed by atoms with Crippen LogP contribution in [0.5, 0.6) is 5.75 Å². The fourth-order valence-electron chi connectivity index (χ4n) is 3.36. The summed E-state index contributed by atoms with van der Waals surface area (Å²) in [7, 11) is -3.69. The highest BCUT2D eigenvalue weighted by molar-refractivity contribution is 7.89. The Balaban J connectivity index is 1.58. The van der Waals surface area contributed by atoms with Crippen LogP contribution in [0, 0.1) is 5.92 Å². The first-order valence-corrected chi connectivity index (χ1v) is 11.4. The number of aryl methyl sites for hydroxylation is 1. The van der Waals surface area contributed by atoms with Gasteiger partial charge in [0, 0.05) is 32.4 Å². The van der Waals surface area contributed by atoms with Crippen molar-refractivity contribution in [2.75, 3.05) is 19.7 Å². The summed E-state index contributed by atoms with van der Waals surface area (Å²) in [6.45, 7) is 6.09. The zero-order valence-corrected chi connectivity index (χ0v) is 17.7. The molecule has 1 aromatic carbocycles. The lowest BCUT2D eigenvalue weighted by atomic mass is 9.99. The maximum absolute atomic E-state index is 12.9. The predicted molar refractivity (Wildman–Crippen MR) is 109 cm³/mol. The molecule has 1 aliphatic heterocycles. The molecular weight excluding hydrogens is 392 g/mol. The number of imidazole rings is 1. The van der Waals surface area contributed by atoms with E-state index in [0.717, 1.165) is 11.3 Å². The number of nitrogens with zero attached hydrogens (tertiary/aromatic N) is 3. The number of hydrogen-bond donors (Lipinski definition) is 1. The summed E-state index contributed by atoms with van der Waals surface area (Å²) in [5.74, 6) is 0.300. The van der Waals surface area contributed by atoms with E-state index in [1.54, 1.807) is 4.57 Å². The molecule has 1 amide bonds. The number of carbonyl (C=O) groups excluding carboxylic acids is 1. The molecular formula is C20H28N4O4S. The summed E-state index contributed by atoms with van der Waals surface area (Å²) >= 11 is 0. The molecule has 0 unspecified atom stereocenters. The van der Waals surface area contributed by atoms with Crippen molar-refractivity contribution in [2.24, 2.45) is 5.92 Å². The third-order valence-corrected chi connectivity index (χ3v) is 6.79. The second-order valence-electron chi connectivity index (χ2n) is 7.04. The van der Waals surface area contributed by atoms with Gasteiger partial charge in [-0.3, -0.25) is 4.79 Å². The van der Waals surface area contributed by atoms with Gasteiger partial charge in [-0.2, -0.15) is 4.31 Å². The van der Waals surface area contributed by atoms with Gasteiger partial charge in [-0.05, 0) is 44.4 Å². The van der Waals surface area contributed by atoms with Crippen LogP contribution in [0.4, 0.5) is 0 Å². The molecule has 1 atom stereocenters. The Morgan fingerprint density at radius 3 is 2.69 bits per heavy atom. The Labute approximate surface area is 171 Å². The number of hydrogen-bond acceptors (Lipinski definition) is 5. The number of ether oxygens (including phenoxy) is 1. The van der Waals surface area contributed by atoms with E-state index in [1.165, 1.54) is 16.8 Å². The minimum atomic E-state index is -3.69. The molecule has 2 aromatic rings. The van der Waals surface area contributed by atoms with Crippen LogP contribution in [-0.4, -0.2) is 47.9 Å². The number of rotatable bonds is 8. The molecule has 1 fully saturated rings. The highest BCUT2D eigenvalue weighted by atomic mass is 32.2. The SMILES string of the molecule is CCOc1ccc(CNC(=O)[C@@H]2CCCN(S(=O)(=O)c3cn(CC)cn3)C2)cc1. The minimum Gasteiger partial charge on any atom is -0.494 e. The number of nitrogens with one attached hydrogen (secondary N) is 1. The number of aromatic nitrogens is 2. The van der Waals surface area contributed by atoms with Gasteiger partial charge in [0.15, 0.2) is 5.03 Å². The smallest absolute Gasteiger partial charge is 0.262 e. The minimum absolute atomic E-state index is 0.0368. The fraction of sp³-hybridized carbons (Fsp3) is 0.500. The summed E-state index contributed by atoms with van der Waals surface area (Å²) in [5.41, 5.74) is 0.965. The van der Waals surface area contributed by atoms with Crippen LogP contribution in [0.3, 0.4) is 0 Å². The molecule has 1 saturated heterocycles. The first kappa shape index (κ1) is 21.3. The van der Waals surface area contributed by atoms with Crippen LogP contribution in [-0.2, 0) is 27.9 Å². The van der Waals surface area contributed by atoms with E-state index in [0.29, 0.717) is 39.1 Å². The average Bonchev–Trinajstić information content (AvgIpc) is 3.23. The molecule has 0 saturated carbocycles. The standard InChI is InChI=1S/C20H28N4O4S/c1-3-23-14-19(22-15-23)29(26,27)24-11-5-6-17(13-24)20(25)21-12-16-7-9-18(10-8-16)28-4-2/h7-10,14-15,17H,3-6,11-13H2,1-2H3,(H,21,25)/t17-/m1/s1. The van der Waals surface area contributed by atoms with Crippen molar-refractivity contribution in [3.8, 4) is 5.75 Å². The van der Waals surface area contributed by atoms with E-state index >= 15 is 0 Å².